The van der Waals surface area contributed by atoms with Gasteiger partial charge in [0.2, 0.25) is 5.89 Å². The van der Waals surface area contributed by atoms with Gasteiger partial charge in [0.25, 0.3) is 0 Å². The van der Waals surface area contributed by atoms with Crippen molar-refractivity contribution in [3.8, 4) is 0 Å². The molecule has 0 saturated carbocycles. The van der Waals surface area contributed by atoms with Crippen LogP contribution in [0.1, 0.15) is 32.5 Å². The van der Waals surface area contributed by atoms with Gasteiger partial charge < -0.3 is 9.26 Å². The minimum atomic E-state index is -0.114. The first-order chi connectivity index (χ1) is 7.49. The molecule has 1 aromatic heterocycles. The van der Waals surface area contributed by atoms with E-state index in [0.717, 1.165) is 25.5 Å². The lowest BCUT2D eigenvalue weighted by atomic mass is 9.97. The van der Waals surface area contributed by atoms with Gasteiger partial charge in [0.15, 0.2) is 5.82 Å². The van der Waals surface area contributed by atoms with E-state index in [4.69, 9.17) is 9.26 Å². The van der Waals surface area contributed by atoms with Crippen molar-refractivity contribution < 1.29 is 9.26 Å². The highest BCUT2D eigenvalue weighted by atomic mass is 16.5. The third-order valence-electron chi connectivity index (χ3n) is 3.32. The molecular formula is C11H19N3O2. The molecule has 1 aliphatic rings. The Hall–Kier alpha value is -0.940. The first-order valence-electron chi connectivity index (χ1n) is 5.66. The fourth-order valence-corrected chi connectivity index (χ4v) is 1.98. The van der Waals surface area contributed by atoms with Crippen LogP contribution in [0.4, 0.5) is 0 Å². The summed E-state index contributed by atoms with van der Waals surface area (Å²) in [5, 5.41) is 3.92. The predicted molar refractivity (Wildman–Crippen MR) is 58.9 cm³/mol. The Labute approximate surface area is 95.8 Å². The van der Waals surface area contributed by atoms with Gasteiger partial charge in [-0.2, -0.15) is 4.98 Å². The summed E-state index contributed by atoms with van der Waals surface area (Å²) in [6, 6.07) is 0.347. The first kappa shape index (κ1) is 11.5. The van der Waals surface area contributed by atoms with Crippen molar-refractivity contribution in [2.45, 2.75) is 45.9 Å². The lowest BCUT2D eigenvalue weighted by Gasteiger charge is -2.44. The maximum Gasteiger partial charge on any atom is 0.223 e. The van der Waals surface area contributed by atoms with Gasteiger partial charge in [-0.1, -0.05) is 5.16 Å². The molecule has 1 unspecified atom stereocenters. The van der Waals surface area contributed by atoms with E-state index in [-0.39, 0.29) is 5.60 Å². The Balaban J connectivity index is 2.04. The van der Waals surface area contributed by atoms with E-state index in [9.17, 15) is 0 Å². The van der Waals surface area contributed by atoms with Crippen LogP contribution in [-0.4, -0.2) is 39.8 Å². The fourth-order valence-electron chi connectivity index (χ4n) is 1.98. The Kier molecular flexibility index (Phi) is 2.99. The number of hydrogen-bond acceptors (Lipinski definition) is 5. The van der Waals surface area contributed by atoms with Crippen LogP contribution in [-0.2, 0) is 11.3 Å². The Morgan fingerprint density at radius 2 is 2.25 bits per heavy atom. The maximum absolute atomic E-state index is 5.74. The summed E-state index contributed by atoms with van der Waals surface area (Å²) < 4.78 is 10.7. The van der Waals surface area contributed by atoms with Crippen LogP contribution in [0, 0.1) is 6.92 Å². The third-order valence-corrected chi connectivity index (χ3v) is 3.32. The molecule has 0 amide bonds. The monoisotopic (exact) mass is 225 g/mol. The summed E-state index contributed by atoms with van der Waals surface area (Å²) in [6.07, 6.45) is 0. The molecule has 1 atom stereocenters. The van der Waals surface area contributed by atoms with Gasteiger partial charge in [-0.15, -0.1) is 0 Å². The number of aromatic nitrogens is 2. The van der Waals surface area contributed by atoms with Gasteiger partial charge in [0, 0.05) is 19.5 Å². The Bertz CT molecular complexity index is 362. The molecule has 0 bridgehead atoms. The second-order valence-corrected chi connectivity index (χ2v) is 4.83. The maximum atomic E-state index is 5.74. The third kappa shape index (κ3) is 2.25. The van der Waals surface area contributed by atoms with Crippen LogP contribution < -0.4 is 0 Å². The molecule has 16 heavy (non-hydrogen) atoms. The number of rotatable bonds is 2. The fraction of sp³-hybridized carbons (Fsp3) is 0.818. The van der Waals surface area contributed by atoms with Crippen molar-refractivity contribution in [1.29, 1.82) is 0 Å². The van der Waals surface area contributed by atoms with Crippen LogP contribution >= 0.6 is 0 Å². The van der Waals surface area contributed by atoms with E-state index in [1.807, 2.05) is 6.92 Å². The molecule has 90 valence electrons. The quantitative estimate of drug-likeness (QED) is 0.761. The van der Waals surface area contributed by atoms with E-state index < -0.39 is 0 Å². The van der Waals surface area contributed by atoms with Crippen LogP contribution in [0.2, 0.25) is 0 Å². The summed E-state index contributed by atoms with van der Waals surface area (Å²) in [6.45, 7) is 10.6. The highest BCUT2D eigenvalue weighted by Crippen LogP contribution is 2.25. The average Bonchev–Trinajstić information content (AvgIpc) is 2.59. The van der Waals surface area contributed by atoms with Crippen LogP contribution in [0.3, 0.4) is 0 Å². The number of aryl methyl sites for hydroxylation is 1. The zero-order chi connectivity index (χ0) is 11.8. The van der Waals surface area contributed by atoms with Crippen molar-refractivity contribution in [2.24, 2.45) is 0 Å². The molecule has 5 nitrogen and oxygen atoms in total. The average molecular weight is 225 g/mol. The van der Waals surface area contributed by atoms with E-state index in [0.29, 0.717) is 11.9 Å². The summed E-state index contributed by atoms with van der Waals surface area (Å²) in [4.78, 5) is 6.55. The van der Waals surface area contributed by atoms with Gasteiger partial charge in [-0.25, -0.2) is 0 Å². The molecule has 1 fully saturated rings. The Morgan fingerprint density at radius 1 is 1.50 bits per heavy atom. The van der Waals surface area contributed by atoms with Gasteiger partial charge in [0.05, 0.1) is 18.8 Å². The topological polar surface area (TPSA) is 51.4 Å². The number of nitrogens with zero attached hydrogens (tertiary/aromatic N) is 3. The zero-order valence-electron chi connectivity index (χ0n) is 10.4. The smallest absolute Gasteiger partial charge is 0.223 e. The minimum Gasteiger partial charge on any atom is -0.373 e. The minimum absolute atomic E-state index is 0.114. The molecule has 2 heterocycles. The van der Waals surface area contributed by atoms with E-state index in [2.05, 4.69) is 35.8 Å². The van der Waals surface area contributed by atoms with Crippen molar-refractivity contribution >= 4 is 0 Å². The molecule has 1 aromatic rings. The normalized spacial score (nSPS) is 25.9. The molecule has 0 radical (unpaired) electrons. The lowest BCUT2D eigenvalue weighted by molar-refractivity contribution is -0.124. The number of ether oxygens (including phenoxy) is 1. The highest BCUT2D eigenvalue weighted by Gasteiger charge is 2.35. The second kappa shape index (κ2) is 4.14. The zero-order valence-corrected chi connectivity index (χ0v) is 10.4. The van der Waals surface area contributed by atoms with Crippen LogP contribution in [0.15, 0.2) is 4.52 Å². The molecule has 0 aromatic carbocycles. The highest BCUT2D eigenvalue weighted by molar-refractivity contribution is 4.92. The van der Waals surface area contributed by atoms with Gasteiger partial charge in [0.1, 0.15) is 0 Å². The van der Waals surface area contributed by atoms with Crippen molar-refractivity contribution in [3.63, 3.8) is 0 Å². The molecule has 1 saturated heterocycles. The van der Waals surface area contributed by atoms with E-state index >= 15 is 0 Å². The standard InChI is InChI=1S/C11H19N3O2/c1-8-11(3,4)15-6-5-14(8)7-10-12-9(2)16-13-10/h8H,5-7H2,1-4H3. The van der Waals surface area contributed by atoms with Gasteiger partial charge >= 0.3 is 0 Å². The SMILES string of the molecule is Cc1nc(CN2CCOC(C)(C)C2C)no1. The molecule has 5 heteroatoms. The Morgan fingerprint density at radius 3 is 2.88 bits per heavy atom. The van der Waals surface area contributed by atoms with Crippen LogP contribution in [0.5, 0.6) is 0 Å². The van der Waals surface area contributed by atoms with E-state index in [1.165, 1.54) is 0 Å². The summed E-state index contributed by atoms with van der Waals surface area (Å²) >= 11 is 0. The number of hydrogen-bond donors (Lipinski definition) is 0. The number of morpholine rings is 1. The summed E-state index contributed by atoms with van der Waals surface area (Å²) in [5.41, 5.74) is -0.114. The lowest BCUT2D eigenvalue weighted by Crippen LogP contribution is -2.54. The predicted octanol–water partition coefficient (Wildman–Crippen LogP) is 1.38. The molecule has 0 spiro atoms. The molecule has 2 rings (SSSR count). The largest absolute Gasteiger partial charge is 0.373 e. The summed E-state index contributed by atoms with van der Waals surface area (Å²) in [5.74, 6) is 1.37. The van der Waals surface area contributed by atoms with Crippen molar-refractivity contribution in [2.75, 3.05) is 13.2 Å². The molecular weight excluding hydrogens is 206 g/mol. The van der Waals surface area contributed by atoms with Gasteiger partial charge in [-0.05, 0) is 20.8 Å². The van der Waals surface area contributed by atoms with Crippen molar-refractivity contribution in [1.82, 2.24) is 15.0 Å². The molecule has 0 aliphatic carbocycles. The summed E-state index contributed by atoms with van der Waals surface area (Å²) in [7, 11) is 0. The first-order valence-corrected chi connectivity index (χ1v) is 5.66. The van der Waals surface area contributed by atoms with Gasteiger partial charge in [-0.3, -0.25) is 4.90 Å². The molecule has 0 N–H and O–H groups in total. The van der Waals surface area contributed by atoms with Crippen molar-refractivity contribution in [3.05, 3.63) is 11.7 Å². The van der Waals surface area contributed by atoms with Crippen LogP contribution in [0.25, 0.3) is 0 Å². The molecule has 1 aliphatic heterocycles. The second-order valence-electron chi connectivity index (χ2n) is 4.83. The van der Waals surface area contributed by atoms with E-state index in [1.54, 1.807) is 0 Å².